The van der Waals surface area contributed by atoms with Crippen LogP contribution in [0.15, 0.2) is 45.3 Å². The minimum atomic E-state index is 0.549. The van der Waals surface area contributed by atoms with E-state index in [0.29, 0.717) is 22.2 Å². The minimum absolute atomic E-state index is 0.549. The lowest BCUT2D eigenvalue weighted by Gasteiger charge is -1.99. The summed E-state index contributed by atoms with van der Waals surface area (Å²) in [5, 5.41) is 0.628. The van der Waals surface area contributed by atoms with Crippen molar-refractivity contribution in [1.82, 2.24) is 4.98 Å². The van der Waals surface area contributed by atoms with E-state index in [9.17, 15) is 0 Å². The molecule has 0 spiro atoms. The molecule has 0 aliphatic rings. The molecule has 0 aliphatic heterocycles. The van der Waals surface area contributed by atoms with Crippen LogP contribution in [0.5, 0.6) is 0 Å². The van der Waals surface area contributed by atoms with Crippen LogP contribution in [0.25, 0.3) is 22.6 Å². The highest BCUT2D eigenvalue weighted by atomic mass is 79.9. The maximum atomic E-state index is 5.91. The number of hydrogen-bond acceptors (Lipinski definition) is 3. The summed E-state index contributed by atoms with van der Waals surface area (Å²) in [4.78, 5) is 4.41. The van der Waals surface area contributed by atoms with E-state index in [1.54, 1.807) is 18.2 Å². The van der Waals surface area contributed by atoms with Crippen LogP contribution in [0, 0.1) is 0 Å². The first kappa shape index (κ1) is 11.6. The zero-order valence-electron chi connectivity index (χ0n) is 9.15. The largest absolute Gasteiger partial charge is 0.436 e. The van der Waals surface area contributed by atoms with Crippen LogP contribution in [0.2, 0.25) is 5.02 Å². The van der Waals surface area contributed by atoms with E-state index in [4.69, 9.17) is 21.8 Å². The summed E-state index contributed by atoms with van der Waals surface area (Å²) in [5.41, 5.74) is 8.74. The fraction of sp³-hybridized carbons (Fsp3) is 0. The van der Waals surface area contributed by atoms with Crippen molar-refractivity contribution >= 4 is 44.3 Å². The number of anilines is 1. The van der Waals surface area contributed by atoms with Gasteiger partial charge in [-0.15, -0.1) is 0 Å². The van der Waals surface area contributed by atoms with Gasteiger partial charge in [-0.2, -0.15) is 0 Å². The van der Waals surface area contributed by atoms with Crippen molar-refractivity contribution in [2.45, 2.75) is 0 Å². The van der Waals surface area contributed by atoms with Gasteiger partial charge in [0.15, 0.2) is 5.58 Å². The Labute approximate surface area is 117 Å². The molecule has 1 heterocycles. The van der Waals surface area contributed by atoms with Gasteiger partial charge in [-0.3, -0.25) is 0 Å². The van der Waals surface area contributed by atoms with Gasteiger partial charge in [0.25, 0.3) is 0 Å². The second kappa shape index (κ2) is 4.30. The van der Waals surface area contributed by atoms with E-state index in [1.807, 2.05) is 18.2 Å². The average molecular weight is 324 g/mol. The van der Waals surface area contributed by atoms with Gasteiger partial charge in [0, 0.05) is 26.8 Å². The summed E-state index contributed by atoms with van der Waals surface area (Å²) in [5.74, 6) is 0.549. The van der Waals surface area contributed by atoms with Gasteiger partial charge in [-0.05, 0) is 46.3 Å². The second-order valence-electron chi connectivity index (χ2n) is 3.87. The lowest BCUT2D eigenvalue weighted by molar-refractivity contribution is 0.620. The number of aromatic nitrogens is 1. The molecule has 0 bridgehead atoms. The number of benzene rings is 2. The molecule has 90 valence electrons. The molecule has 18 heavy (non-hydrogen) atoms. The highest BCUT2D eigenvalue weighted by molar-refractivity contribution is 9.10. The lowest BCUT2D eigenvalue weighted by Crippen LogP contribution is -1.86. The molecule has 0 radical (unpaired) electrons. The topological polar surface area (TPSA) is 52.0 Å². The number of nitrogens with zero attached hydrogens (tertiary/aromatic N) is 1. The Kier molecular flexibility index (Phi) is 2.76. The highest BCUT2D eigenvalue weighted by Gasteiger charge is 2.09. The van der Waals surface area contributed by atoms with Gasteiger partial charge in [-0.1, -0.05) is 11.6 Å². The van der Waals surface area contributed by atoms with Gasteiger partial charge in [0.1, 0.15) is 5.52 Å². The number of nitrogens with two attached hydrogens (primary N) is 1. The van der Waals surface area contributed by atoms with Crippen molar-refractivity contribution in [2.24, 2.45) is 0 Å². The standard InChI is InChI=1S/C13H8BrClN2O/c14-9-5-7(1-3-10(9)16)13-17-11-4-2-8(15)6-12(11)18-13/h1-6H,16H2. The number of oxazole rings is 1. The Bertz CT molecular complexity index is 739. The van der Waals surface area contributed by atoms with Gasteiger partial charge in [0.2, 0.25) is 5.89 Å². The second-order valence-corrected chi connectivity index (χ2v) is 5.16. The van der Waals surface area contributed by atoms with Crippen molar-refractivity contribution in [3.8, 4) is 11.5 Å². The summed E-state index contributed by atoms with van der Waals surface area (Å²) in [7, 11) is 0. The van der Waals surface area contributed by atoms with Gasteiger partial charge in [-0.25, -0.2) is 4.98 Å². The van der Waals surface area contributed by atoms with E-state index >= 15 is 0 Å². The Morgan fingerprint density at radius 1 is 1.17 bits per heavy atom. The summed E-state index contributed by atoms with van der Waals surface area (Å²) in [6.07, 6.45) is 0. The fourth-order valence-corrected chi connectivity index (χ4v) is 2.22. The number of nitrogen functional groups attached to an aromatic ring is 1. The molecule has 0 atom stereocenters. The highest BCUT2D eigenvalue weighted by Crippen LogP contribution is 2.30. The molecule has 1 aromatic heterocycles. The third-order valence-electron chi connectivity index (χ3n) is 2.60. The molecule has 0 amide bonds. The smallest absolute Gasteiger partial charge is 0.227 e. The summed E-state index contributed by atoms with van der Waals surface area (Å²) in [6.45, 7) is 0. The summed E-state index contributed by atoms with van der Waals surface area (Å²) in [6, 6.07) is 10.9. The van der Waals surface area contributed by atoms with Crippen LogP contribution in [0.3, 0.4) is 0 Å². The Morgan fingerprint density at radius 3 is 2.78 bits per heavy atom. The summed E-state index contributed by atoms with van der Waals surface area (Å²) < 4.78 is 6.49. The lowest BCUT2D eigenvalue weighted by atomic mass is 10.2. The maximum Gasteiger partial charge on any atom is 0.227 e. The van der Waals surface area contributed by atoms with E-state index in [2.05, 4.69) is 20.9 Å². The predicted molar refractivity (Wildman–Crippen MR) is 76.6 cm³/mol. The van der Waals surface area contributed by atoms with E-state index in [1.165, 1.54) is 0 Å². The predicted octanol–water partition coefficient (Wildman–Crippen LogP) is 4.49. The Morgan fingerprint density at radius 2 is 2.00 bits per heavy atom. The molecule has 3 nitrogen and oxygen atoms in total. The molecule has 0 unspecified atom stereocenters. The minimum Gasteiger partial charge on any atom is -0.436 e. The average Bonchev–Trinajstić information content (AvgIpc) is 2.75. The number of halogens is 2. The van der Waals surface area contributed by atoms with E-state index in [0.717, 1.165) is 15.6 Å². The van der Waals surface area contributed by atoms with Crippen LogP contribution < -0.4 is 5.73 Å². The van der Waals surface area contributed by atoms with Crippen molar-refractivity contribution in [3.05, 3.63) is 45.9 Å². The molecule has 0 saturated carbocycles. The summed E-state index contributed by atoms with van der Waals surface area (Å²) >= 11 is 9.29. The Hall–Kier alpha value is -1.52. The third kappa shape index (κ3) is 1.98. The zero-order valence-corrected chi connectivity index (χ0v) is 11.5. The first-order valence-corrected chi connectivity index (χ1v) is 6.42. The van der Waals surface area contributed by atoms with Crippen LogP contribution >= 0.6 is 27.5 Å². The molecular formula is C13H8BrClN2O. The van der Waals surface area contributed by atoms with Crippen molar-refractivity contribution < 1.29 is 4.42 Å². The first-order valence-electron chi connectivity index (χ1n) is 5.25. The van der Waals surface area contributed by atoms with E-state index in [-0.39, 0.29) is 0 Å². The van der Waals surface area contributed by atoms with Gasteiger partial charge in [0.05, 0.1) is 0 Å². The molecule has 2 aromatic carbocycles. The number of rotatable bonds is 1. The number of fused-ring (bicyclic) bond motifs is 1. The fourth-order valence-electron chi connectivity index (χ4n) is 1.68. The molecule has 5 heteroatoms. The molecule has 3 rings (SSSR count). The maximum absolute atomic E-state index is 5.91. The quantitative estimate of drug-likeness (QED) is 0.671. The van der Waals surface area contributed by atoms with Crippen molar-refractivity contribution in [1.29, 1.82) is 0 Å². The molecule has 0 aliphatic carbocycles. The monoisotopic (exact) mass is 322 g/mol. The molecular weight excluding hydrogens is 316 g/mol. The normalized spacial score (nSPS) is 11.0. The molecule has 3 aromatic rings. The van der Waals surface area contributed by atoms with Crippen LogP contribution in [0.4, 0.5) is 5.69 Å². The molecule has 0 fully saturated rings. The SMILES string of the molecule is Nc1ccc(-c2nc3ccc(Cl)cc3o2)cc1Br. The van der Waals surface area contributed by atoms with Gasteiger partial charge >= 0.3 is 0 Å². The molecule has 2 N–H and O–H groups in total. The van der Waals surface area contributed by atoms with E-state index < -0.39 is 0 Å². The van der Waals surface area contributed by atoms with Crippen LogP contribution in [-0.2, 0) is 0 Å². The first-order chi connectivity index (χ1) is 8.63. The Balaban J connectivity index is 2.16. The van der Waals surface area contributed by atoms with Crippen LogP contribution in [0.1, 0.15) is 0 Å². The number of hydrogen-bond donors (Lipinski definition) is 1. The third-order valence-corrected chi connectivity index (χ3v) is 3.52. The van der Waals surface area contributed by atoms with Crippen molar-refractivity contribution in [2.75, 3.05) is 5.73 Å². The van der Waals surface area contributed by atoms with Crippen LogP contribution in [-0.4, -0.2) is 4.98 Å². The van der Waals surface area contributed by atoms with Gasteiger partial charge < -0.3 is 10.2 Å². The molecule has 0 saturated heterocycles. The zero-order chi connectivity index (χ0) is 12.7. The van der Waals surface area contributed by atoms with Crippen molar-refractivity contribution in [3.63, 3.8) is 0 Å².